The fourth-order valence-electron chi connectivity index (χ4n) is 3.95. The molecule has 4 rings (SSSR count). The highest BCUT2D eigenvalue weighted by Gasteiger charge is 2.15. The SMILES string of the molecule is COc1ccc(-c2[nH]c3ccccc3c2CCC(=O)NCc2cccc(NS(C)(=O)=O)c2)cc1. The second-order valence-corrected chi connectivity index (χ2v) is 9.85. The van der Waals surface area contributed by atoms with E-state index < -0.39 is 10.0 Å². The number of benzene rings is 3. The molecule has 0 spiro atoms. The van der Waals surface area contributed by atoms with E-state index in [-0.39, 0.29) is 5.91 Å². The molecule has 0 saturated carbocycles. The van der Waals surface area contributed by atoms with Gasteiger partial charge in [0, 0.05) is 35.2 Å². The van der Waals surface area contributed by atoms with Gasteiger partial charge in [0.15, 0.2) is 0 Å². The fraction of sp³-hybridized carbons (Fsp3) is 0.192. The molecule has 1 aromatic heterocycles. The van der Waals surface area contributed by atoms with Gasteiger partial charge in [-0.3, -0.25) is 9.52 Å². The summed E-state index contributed by atoms with van der Waals surface area (Å²) in [6.07, 6.45) is 2.01. The summed E-state index contributed by atoms with van der Waals surface area (Å²) in [5, 5.41) is 4.03. The molecule has 0 bridgehead atoms. The quantitative estimate of drug-likeness (QED) is 0.331. The highest BCUT2D eigenvalue weighted by atomic mass is 32.2. The molecule has 1 amide bonds. The van der Waals surface area contributed by atoms with Crippen molar-refractivity contribution in [3.63, 3.8) is 0 Å². The highest BCUT2D eigenvalue weighted by molar-refractivity contribution is 7.92. The molecule has 176 valence electrons. The number of ether oxygens (including phenoxy) is 1. The Hall–Kier alpha value is -3.78. The summed E-state index contributed by atoms with van der Waals surface area (Å²) >= 11 is 0. The smallest absolute Gasteiger partial charge is 0.229 e. The second kappa shape index (κ2) is 10.0. The van der Waals surface area contributed by atoms with Crippen LogP contribution < -0.4 is 14.8 Å². The van der Waals surface area contributed by atoms with Crippen molar-refractivity contribution < 1.29 is 17.9 Å². The molecule has 0 aliphatic carbocycles. The maximum absolute atomic E-state index is 12.6. The first kappa shape index (κ1) is 23.4. The summed E-state index contributed by atoms with van der Waals surface area (Å²) in [6, 6.07) is 22.9. The summed E-state index contributed by atoms with van der Waals surface area (Å²) in [6.45, 7) is 0.317. The van der Waals surface area contributed by atoms with Crippen LogP contribution in [-0.2, 0) is 27.8 Å². The Kier molecular flexibility index (Phi) is 6.88. The molecule has 0 unspecified atom stereocenters. The minimum absolute atomic E-state index is 0.0764. The Labute approximate surface area is 199 Å². The number of para-hydroxylation sites is 1. The van der Waals surface area contributed by atoms with E-state index in [0.717, 1.165) is 45.3 Å². The van der Waals surface area contributed by atoms with Crippen LogP contribution in [0.4, 0.5) is 5.69 Å². The standard InChI is InChI=1S/C26H27N3O4S/c1-33-21-12-10-19(11-13-21)26-23(22-8-3-4-9-24(22)28-26)14-15-25(30)27-17-18-6-5-7-20(16-18)29-34(2,31)32/h3-13,16,28-29H,14-15,17H2,1-2H3,(H,27,30). The Morgan fingerprint density at radius 1 is 1.00 bits per heavy atom. The molecular formula is C26H27N3O4S. The van der Waals surface area contributed by atoms with Crippen LogP contribution in [0.5, 0.6) is 5.75 Å². The van der Waals surface area contributed by atoms with Crippen molar-refractivity contribution in [2.75, 3.05) is 18.1 Å². The second-order valence-electron chi connectivity index (χ2n) is 8.10. The monoisotopic (exact) mass is 477 g/mol. The van der Waals surface area contributed by atoms with Gasteiger partial charge in [0.1, 0.15) is 5.75 Å². The van der Waals surface area contributed by atoms with Gasteiger partial charge in [-0.2, -0.15) is 0 Å². The number of carbonyl (C=O) groups excluding carboxylic acids is 1. The van der Waals surface area contributed by atoms with E-state index in [1.165, 1.54) is 0 Å². The van der Waals surface area contributed by atoms with Gasteiger partial charge in [0.05, 0.1) is 13.4 Å². The molecule has 34 heavy (non-hydrogen) atoms. The van der Waals surface area contributed by atoms with Gasteiger partial charge in [-0.15, -0.1) is 0 Å². The third-order valence-electron chi connectivity index (χ3n) is 5.51. The van der Waals surface area contributed by atoms with Crippen LogP contribution in [0.1, 0.15) is 17.5 Å². The molecule has 0 atom stereocenters. The van der Waals surface area contributed by atoms with E-state index in [2.05, 4.69) is 21.1 Å². The van der Waals surface area contributed by atoms with Gasteiger partial charge in [-0.1, -0.05) is 30.3 Å². The van der Waals surface area contributed by atoms with E-state index in [0.29, 0.717) is 25.1 Å². The van der Waals surface area contributed by atoms with Crippen molar-refractivity contribution in [2.24, 2.45) is 0 Å². The molecule has 0 aliphatic heterocycles. The summed E-state index contributed by atoms with van der Waals surface area (Å²) in [5.74, 6) is 0.712. The maximum atomic E-state index is 12.6. The lowest BCUT2D eigenvalue weighted by molar-refractivity contribution is -0.121. The Morgan fingerprint density at radius 3 is 2.50 bits per heavy atom. The lowest BCUT2D eigenvalue weighted by Crippen LogP contribution is -2.23. The van der Waals surface area contributed by atoms with Crippen molar-refractivity contribution in [1.29, 1.82) is 0 Å². The molecule has 7 nitrogen and oxygen atoms in total. The minimum Gasteiger partial charge on any atom is -0.497 e. The van der Waals surface area contributed by atoms with Crippen LogP contribution in [0.2, 0.25) is 0 Å². The number of fused-ring (bicyclic) bond motifs is 1. The Bertz CT molecular complexity index is 1410. The van der Waals surface area contributed by atoms with Crippen LogP contribution in [0.3, 0.4) is 0 Å². The fourth-order valence-corrected chi connectivity index (χ4v) is 4.51. The van der Waals surface area contributed by atoms with E-state index in [1.54, 1.807) is 25.3 Å². The molecule has 3 aromatic carbocycles. The van der Waals surface area contributed by atoms with Crippen molar-refractivity contribution >= 4 is 32.5 Å². The van der Waals surface area contributed by atoms with Crippen LogP contribution >= 0.6 is 0 Å². The molecule has 0 radical (unpaired) electrons. The average molecular weight is 478 g/mol. The zero-order valence-corrected chi connectivity index (χ0v) is 19.9. The number of H-pyrrole nitrogens is 1. The summed E-state index contributed by atoms with van der Waals surface area (Å²) in [4.78, 5) is 16.1. The number of rotatable bonds is 9. The lowest BCUT2D eigenvalue weighted by atomic mass is 10.0. The van der Waals surface area contributed by atoms with Crippen molar-refractivity contribution in [2.45, 2.75) is 19.4 Å². The molecule has 0 aliphatic rings. The van der Waals surface area contributed by atoms with Crippen LogP contribution in [0.15, 0.2) is 72.8 Å². The number of aromatic nitrogens is 1. The van der Waals surface area contributed by atoms with E-state index >= 15 is 0 Å². The van der Waals surface area contributed by atoms with E-state index in [1.807, 2.05) is 48.5 Å². The lowest BCUT2D eigenvalue weighted by Gasteiger charge is -2.09. The first-order valence-corrected chi connectivity index (χ1v) is 12.8. The molecule has 0 saturated heterocycles. The van der Waals surface area contributed by atoms with Gasteiger partial charge < -0.3 is 15.0 Å². The maximum Gasteiger partial charge on any atom is 0.229 e. The first-order chi connectivity index (χ1) is 16.3. The van der Waals surface area contributed by atoms with Gasteiger partial charge in [0.25, 0.3) is 0 Å². The number of nitrogens with one attached hydrogen (secondary N) is 3. The highest BCUT2D eigenvalue weighted by Crippen LogP contribution is 2.32. The molecule has 1 heterocycles. The third-order valence-corrected chi connectivity index (χ3v) is 6.12. The largest absolute Gasteiger partial charge is 0.497 e. The predicted octanol–water partition coefficient (Wildman–Crippen LogP) is 4.46. The van der Waals surface area contributed by atoms with Gasteiger partial charge >= 0.3 is 0 Å². The number of carbonyl (C=O) groups is 1. The minimum atomic E-state index is -3.36. The van der Waals surface area contributed by atoms with Crippen LogP contribution in [0.25, 0.3) is 22.2 Å². The van der Waals surface area contributed by atoms with Gasteiger partial charge in [-0.25, -0.2) is 8.42 Å². The third kappa shape index (κ3) is 5.77. The number of aryl methyl sites for hydroxylation is 1. The topological polar surface area (TPSA) is 100 Å². The Morgan fingerprint density at radius 2 is 1.76 bits per heavy atom. The zero-order chi connectivity index (χ0) is 24.1. The van der Waals surface area contributed by atoms with Gasteiger partial charge in [0.2, 0.25) is 15.9 Å². The van der Waals surface area contributed by atoms with Gasteiger partial charge in [-0.05, 0) is 65.6 Å². The Balaban J connectivity index is 1.46. The number of anilines is 1. The van der Waals surface area contributed by atoms with Crippen molar-refractivity contribution in [1.82, 2.24) is 10.3 Å². The normalized spacial score (nSPS) is 11.4. The number of sulfonamides is 1. The first-order valence-electron chi connectivity index (χ1n) is 10.9. The molecular weight excluding hydrogens is 450 g/mol. The van der Waals surface area contributed by atoms with Crippen molar-refractivity contribution in [3.05, 3.63) is 83.9 Å². The molecule has 8 heteroatoms. The number of hydrogen-bond acceptors (Lipinski definition) is 4. The van der Waals surface area contributed by atoms with Crippen LogP contribution in [-0.4, -0.2) is 32.7 Å². The van der Waals surface area contributed by atoms with E-state index in [4.69, 9.17) is 4.74 Å². The van der Waals surface area contributed by atoms with Crippen molar-refractivity contribution in [3.8, 4) is 17.0 Å². The summed E-state index contributed by atoms with van der Waals surface area (Å²) in [7, 11) is -1.72. The summed E-state index contributed by atoms with van der Waals surface area (Å²) in [5.41, 5.74) is 5.43. The molecule has 4 aromatic rings. The summed E-state index contributed by atoms with van der Waals surface area (Å²) < 4.78 is 30.6. The number of amides is 1. The van der Waals surface area contributed by atoms with E-state index in [9.17, 15) is 13.2 Å². The van der Waals surface area contributed by atoms with Crippen LogP contribution in [0, 0.1) is 0 Å². The number of methoxy groups -OCH3 is 1. The molecule has 0 fully saturated rings. The number of hydrogen-bond donors (Lipinski definition) is 3. The zero-order valence-electron chi connectivity index (χ0n) is 19.1. The average Bonchev–Trinajstić information content (AvgIpc) is 3.19. The molecule has 3 N–H and O–H groups in total. The number of aromatic amines is 1. The predicted molar refractivity (Wildman–Crippen MR) is 135 cm³/mol.